The van der Waals surface area contributed by atoms with Gasteiger partial charge in [0.2, 0.25) is 0 Å². The summed E-state index contributed by atoms with van der Waals surface area (Å²) in [6, 6.07) is 13.6. The van der Waals surface area contributed by atoms with Crippen molar-refractivity contribution in [1.29, 1.82) is 0 Å². The number of pyridine rings is 1. The lowest BCUT2D eigenvalue weighted by molar-refractivity contribution is -0.149. The van der Waals surface area contributed by atoms with Crippen molar-refractivity contribution in [2.75, 3.05) is 18.9 Å². The number of anilines is 1. The Morgan fingerprint density at radius 3 is 2.48 bits per heavy atom. The number of aromatic nitrogens is 3. The third kappa shape index (κ3) is 8.37. The minimum atomic E-state index is -4.03. The van der Waals surface area contributed by atoms with E-state index in [1.54, 1.807) is 45.0 Å². The summed E-state index contributed by atoms with van der Waals surface area (Å²) in [6.07, 6.45) is 1.80. The molecule has 2 aromatic carbocycles. The summed E-state index contributed by atoms with van der Waals surface area (Å²) in [4.78, 5) is 22.0. The lowest BCUT2D eigenvalue weighted by Gasteiger charge is -2.25. The molecule has 13 heteroatoms. The third-order valence-electron chi connectivity index (χ3n) is 6.86. The maximum absolute atomic E-state index is 14.1. The van der Waals surface area contributed by atoms with Crippen LogP contribution < -0.4 is 15.3 Å². The van der Waals surface area contributed by atoms with Gasteiger partial charge in [-0.25, -0.2) is 14.5 Å². The Hall–Kier alpha value is -3.02. The van der Waals surface area contributed by atoms with Crippen molar-refractivity contribution < 1.29 is 27.9 Å². The van der Waals surface area contributed by atoms with E-state index in [1.165, 1.54) is 0 Å². The number of rotatable bonds is 16. The van der Waals surface area contributed by atoms with E-state index in [-0.39, 0.29) is 18.8 Å². The molecule has 238 valence electrons. The Morgan fingerprint density at radius 1 is 1.07 bits per heavy atom. The zero-order valence-corrected chi connectivity index (χ0v) is 28.3. The number of hydrogen-bond donors (Lipinski definition) is 2. The van der Waals surface area contributed by atoms with E-state index in [4.69, 9.17) is 29.2 Å². The first-order valence-electron chi connectivity index (χ1n) is 14.9. The van der Waals surface area contributed by atoms with Crippen LogP contribution in [0, 0.1) is 0 Å². The van der Waals surface area contributed by atoms with Gasteiger partial charge in [0.05, 0.1) is 23.7 Å². The summed E-state index contributed by atoms with van der Waals surface area (Å²) in [7, 11) is -4.03. The van der Waals surface area contributed by atoms with Gasteiger partial charge in [0.25, 0.3) is 0 Å². The number of nitrogens with one attached hydrogen (secondary N) is 1. The maximum Gasteiger partial charge on any atom is 0.459 e. The van der Waals surface area contributed by atoms with Gasteiger partial charge < -0.3 is 24.3 Å². The number of hydrogen-bond acceptors (Lipinski definition) is 9. The quantitative estimate of drug-likeness (QED) is 0.0907. The second kappa shape index (κ2) is 15.3. The van der Waals surface area contributed by atoms with E-state index in [0.717, 1.165) is 39.6 Å². The van der Waals surface area contributed by atoms with Gasteiger partial charge in [-0.05, 0) is 70.9 Å². The van der Waals surface area contributed by atoms with E-state index in [9.17, 15) is 9.36 Å². The lowest BCUT2D eigenvalue weighted by atomic mass is 10.1. The van der Waals surface area contributed by atoms with Gasteiger partial charge >= 0.3 is 13.7 Å². The summed E-state index contributed by atoms with van der Waals surface area (Å²) in [5.74, 6) is 0.839. The molecule has 0 fully saturated rings. The van der Waals surface area contributed by atoms with Crippen LogP contribution in [0.5, 0.6) is 5.75 Å². The van der Waals surface area contributed by atoms with Crippen LogP contribution in [0.1, 0.15) is 65.7 Å². The fourth-order valence-electron chi connectivity index (χ4n) is 4.95. The molecule has 0 bridgehead atoms. The van der Waals surface area contributed by atoms with E-state index in [2.05, 4.69) is 37.5 Å². The standard InChI is InChI=1S/C31H41BrN5O6P/c1-6-10-23(37-27(19-40-7-2)35-28-29(37)25-11-8-9-12-26(25)34-30(28)33)17-18-41-44(39,36-21(5)31(38)42-20(3)4)43-24-15-13-22(32)14-16-24/h8-9,11-16,20-21,23H,6-7,10,17-19H2,1-5H3,(H2,33,34)(H,36,39)/t21-,23-,44-/m0/s1. The number of imidazole rings is 1. The van der Waals surface area contributed by atoms with E-state index in [1.807, 2.05) is 31.2 Å². The second-order valence-corrected chi connectivity index (χ2v) is 13.3. The first-order chi connectivity index (χ1) is 21.0. The number of para-hydroxylation sites is 1. The summed E-state index contributed by atoms with van der Waals surface area (Å²) < 4.78 is 40.1. The van der Waals surface area contributed by atoms with E-state index >= 15 is 0 Å². The molecule has 2 aromatic heterocycles. The van der Waals surface area contributed by atoms with Crippen LogP contribution in [0.3, 0.4) is 0 Å². The molecule has 0 spiro atoms. The van der Waals surface area contributed by atoms with Crippen molar-refractivity contribution in [3.05, 3.63) is 58.8 Å². The summed E-state index contributed by atoms with van der Waals surface area (Å²) in [5, 5.41) is 3.69. The van der Waals surface area contributed by atoms with Crippen molar-refractivity contribution in [2.45, 2.75) is 78.7 Å². The van der Waals surface area contributed by atoms with Gasteiger partial charge in [-0.1, -0.05) is 47.5 Å². The fourth-order valence-corrected chi connectivity index (χ4v) is 6.72. The lowest BCUT2D eigenvalue weighted by Crippen LogP contribution is -2.36. The number of benzene rings is 2. The molecule has 0 aliphatic carbocycles. The van der Waals surface area contributed by atoms with Crippen molar-refractivity contribution in [3.63, 3.8) is 0 Å². The monoisotopic (exact) mass is 689 g/mol. The Kier molecular flexibility index (Phi) is 11.8. The van der Waals surface area contributed by atoms with E-state index in [0.29, 0.717) is 36.7 Å². The van der Waals surface area contributed by atoms with Gasteiger partial charge in [-0.3, -0.25) is 9.32 Å². The molecule has 0 radical (unpaired) electrons. The van der Waals surface area contributed by atoms with Crippen LogP contribution in [0.4, 0.5) is 5.82 Å². The number of carbonyl (C=O) groups excluding carboxylic acids is 1. The first kappa shape index (κ1) is 33.9. The predicted octanol–water partition coefficient (Wildman–Crippen LogP) is 7.33. The van der Waals surface area contributed by atoms with Gasteiger partial charge in [-0.2, -0.15) is 5.09 Å². The Balaban J connectivity index is 1.66. The molecule has 3 N–H and O–H groups in total. The highest BCUT2D eigenvalue weighted by Crippen LogP contribution is 2.46. The average molecular weight is 691 g/mol. The van der Waals surface area contributed by atoms with Crippen LogP contribution in [0.2, 0.25) is 0 Å². The van der Waals surface area contributed by atoms with Crippen molar-refractivity contribution in [1.82, 2.24) is 19.6 Å². The van der Waals surface area contributed by atoms with Gasteiger partial charge in [0, 0.05) is 22.5 Å². The molecule has 0 amide bonds. The molecule has 4 rings (SSSR count). The molecule has 2 heterocycles. The first-order valence-corrected chi connectivity index (χ1v) is 17.2. The molecule has 3 atom stereocenters. The molecule has 11 nitrogen and oxygen atoms in total. The van der Waals surface area contributed by atoms with Crippen LogP contribution >= 0.6 is 23.7 Å². The molecule has 4 aromatic rings. The number of carbonyl (C=O) groups is 1. The van der Waals surface area contributed by atoms with Crippen LogP contribution in [0.15, 0.2) is 53.0 Å². The molecule has 0 unspecified atom stereocenters. The smallest absolute Gasteiger partial charge is 0.459 e. The average Bonchev–Trinajstić information content (AvgIpc) is 3.36. The largest absolute Gasteiger partial charge is 0.462 e. The minimum absolute atomic E-state index is 0.0592. The maximum atomic E-state index is 14.1. The number of nitrogens with zero attached hydrogens (tertiary/aromatic N) is 3. The predicted molar refractivity (Wildman–Crippen MR) is 175 cm³/mol. The summed E-state index contributed by atoms with van der Waals surface area (Å²) in [6.45, 7) is 9.98. The Labute approximate surface area is 266 Å². The second-order valence-electron chi connectivity index (χ2n) is 10.7. The number of halogens is 1. The number of nitrogen functional groups attached to an aromatic ring is 1. The Bertz CT molecular complexity index is 1610. The topological polar surface area (TPSA) is 140 Å². The zero-order valence-electron chi connectivity index (χ0n) is 25.8. The minimum Gasteiger partial charge on any atom is -0.462 e. The van der Waals surface area contributed by atoms with Crippen LogP contribution in [-0.4, -0.2) is 45.9 Å². The van der Waals surface area contributed by atoms with Crippen molar-refractivity contribution >= 4 is 57.4 Å². The summed E-state index contributed by atoms with van der Waals surface area (Å²) in [5.41, 5.74) is 8.65. The molecular weight excluding hydrogens is 649 g/mol. The highest BCUT2D eigenvalue weighted by molar-refractivity contribution is 9.10. The van der Waals surface area contributed by atoms with Gasteiger partial charge in [-0.15, -0.1) is 0 Å². The number of esters is 1. The summed E-state index contributed by atoms with van der Waals surface area (Å²) >= 11 is 3.40. The molecule has 0 saturated carbocycles. The molecule has 44 heavy (non-hydrogen) atoms. The van der Waals surface area contributed by atoms with Gasteiger partial charge in [0.15, 0.2) is 5.82 Å². The molecular formula is C31H41BrN5O6P. The SMILES string of the molecule is CCC[C@@H](CCO[P@@](=O)(N[C@@H](C)C(=O)OC(C)C)Oc1ccc(Br)cc1)n1c(COCC)nc2c(N)nc3ccccc3c21. The highest BCUT2D eigenvalue weighted by atomic mass is 79.9. The van der Waals surface area contributed by atoms with Crippen LogP contribution in [0.25, 0.3) is 21.9 Å². The van der Waals surface area contributed by atoms with E-state index < -0.39 is 19.8 Å². The van der Waals surface area contributed by atoms with Crippen molar-refractivity contribution in [3.8, 4) is 5.75 Å². The number of fused-ring (bicyclic) bond motifs is 3. The Morgan fingerprint density at radius 2 is 1.80 bits per heavy atom. The normalized spacial score (nSPS) is 14.5. The van der Waals surface area contributed by atoms with Crippen molar-refractivity contribution in [2.24, 2.45) is 0 Å². The fraction of sp³-hybridized carbons (Fsp3) is 0.452. The van der Waals surface area contributed by atoms with Gasteiger partial charge in [0.1, 0.15) is 29.7 Å². The molecule has 0 aliphatic rings. The molecule has 0 aliphatic heterocycles. The zero-order chi connectivity index (χ0) is 31.9. The molecule has 0 saturated heterocycles. The third-order valence-corrected chi connectivity index (χ3v) is 9.06. The number of ether oxygens (including phenoxy) is 2. The highest BCUT2D eigenvalue weighted by Gasteiger charge is 2.33. The van der Waals surface area contributed by atoms with Crippen LogP contribution in [-0.2, 0) is 30.0 Å². The number of nitrogens with two attached hydrogens (primary N) is 1.